The molecule has 2 aliphatic rings. The molecule has 1 unspecified atom stereocenters. The molecule has 1 saturated carbocycles. The van der Waals surface area contributed by atoms with Crippen LogP contribution in [0.25, 0.3) is 0 Å². The van der Waals surface area contributed by atoms with Crippen LogP contribution in [0.4, 0.5) is 0 Å². The van der Waals surface area contributed by atoms with Crippen LogP contribution >= 0.6 is 0 Å². The van der Waals surface area contributed by atoms with Crippen LogP contribution in [0.3, 0.4) is 0 Å². The Hall–Kier alpha value is -1.47. The van der Waals surface area contributed by atoms with Crippen LogP contribution in [0.1, 0.15) is 54.3 Å². The lowest BCUT2D eigenvalue weighted by Crippen LogP contribution is -2.46. The average Bonchev–Trinajstić information content (AvgIpc) is 2.81. The molecule has 7 nitrogen and oxygen atoms in total. The Morgan fingerprint density at radius 1 is 1.60 bits per heavy atom. The highest BCUT2D eigenvalue weighted by atomic mass is 16.5. The lowest BCUT2D eigenvalue weighted by molar-refractivity contribution is -0.142. The number of hydrogen-bond acceptors (Lipinski definition) is 5. The lowest BCUT2D eigenvalue weighted by atomic mass is 9.74. The molecule has 1 N–H and O–H groups in total. The maximum absolute atomic E-state index is 11.2. The predicted octanol–water partition coefficient (Wildman–Crippen LogP) is 1.40. The molecule has 0 bridgehead atoms. The fourth-order valence-electron chi connectivity index (χ4n) is 3.17. The number of aromatic carboxylic acids is 1. The van der Waals surface area contributed by atoms with E-state index in [9.17, 15) is 4.79 Å². The second-order valence-corrected chi connectivity index (χ2v) is 5.60. The number of rotatable bonds is 4. The summed E-state index contributed by atoms with van der Waals surface area (Å²) in [5, 5.41) is 17.0. The Kier molecular flexibility index (Phi) is 3.47. The molecule has 1 aliphatic heterocycles. The zero-order valence-electron chi connectivity index (χ0n) is 11.5. The summed E-state index contributed by atoms with van der Waals surface area (Å²) in [4.78, 5) is 11.2. The highest BCUT2D eigenvalue weighted by Crippen LogP contribution is 2.45. The molecular formula is C13H19N3O4. The van der Waals surface area contributed by atoms with Gasteiger partial charge in [-0.15, -0.1) is 5.10 Å². The van der Waals surface area contributed by atoms with E-state index in [-0.39, 0.29) is 23.9 Å². The highest BCUT2D eigenvalue weighted by Gasteiger charge is 2.44. The molecule has 3 rings (SSSR count). The number of nitrogens with zero attached hydrogens (tertiary/aromatic N) is 3. The minimum Gasteiger partial charge on any atom is -0.476 e. The zero-order chi connectivity index (χ0) is 14.2. The molecule has 1 aromatic rings. The van der Waals surface area contributed by atoms with E-state index in [2.05, 4.69) is 10.3 Å². The first-order chi connectivity index (χ1) is 9.65. The summed E-state index contributed by atoms with van der Waals surface area (Å²) in [7, 11) is 1.54. The molecule has 20 heavy (non-hydrogen) atoms. The first-order valence-corrected chi connectivity index (χ1v) is 6.95. The number of hydrogen-bond donors (Lipinski definition) is 1. The van der Waals surface area contributed by atoms with Gasteiger partial charge in [0, 0.05) is 13.7 Å². The first-order valence-electron chi connectivity index (χ1n) is 6.95. The van der Waals surface area contributed by atoms with Crippen molar-refractivity contribution in [3.05, 3.63) is 11.4 Å². The van der Waals surface area contributed by atoms with Crippen molar-refractivity contribution in [1.29, 1.82) is 0 Å². The van der Waals surface area contributed by atoms with E-state index in [1.54, 1.807) is 11.8 Å². The summed E-state index contributed by atoms with van der Waals surface area (Å²) in [5.74, 6) is -1.06. The minimum atomic E-state index is -1.06. The second kappa shape index (κ2) is 5.14. The molecule has 1 spiro atoms. The van der Waals surface area contributed by atoms with Crippen molar-refractivity contribution in [2.75, 3.05) is 13.7 Å². The van der Waals surface area contributed by atoms with Crippen molar-refractivity contribution in [3.8, 4) is 0 Å². The van der Waals surface area contributed by atoms with Crippen LogP contribution in [0, 0.1) is 0 Å². The molecule has 2 fully saturated rings. The van der Waals surface area contributed by atoms with Crippen LogP contribution < -0.4 is 0 Å². The van der Waals surface area contributed by atoms with Gasteiger partial charge >= 0.3 is 5.97 Å². The quantitative estimate of drug-likeness (QED) is 0.897. The lowest BCUT2D eigenvalue weighted by Gasteiger charge is -2.47. The van der Waals surface area contributed by atoms with Gasteiger partial charge in [0.25, 0.3) is 0 Å². The van der Waals surface area contributed by atoms with E-state index in [0.29, 0.717) is 12.3 Å². The molecule has 0 radical (unpaired) electrons. The SMILES string of the molecule is COCc1c(C(=O)O)nnn1C1CCOC2(CCC2)C1. The van der Waals surface area contributed by atoms with E-state index >= 15 is 0 Å². The minimum absolute atomic E-state index is 0.0113. The van der Waals surface area contributed by atoms with Crippen molar-refractivity contribution >= 4 is 5.97 Å². The summed E-state index contributed by atoms with van der Waals surface area (Å²) in [6.07, 6.45) is 5.09. The average molecular weight is 281 g/mol. The van der Waals surface area contributed by atoms with Crippen LogP contribution in [0.5, 0.6) is 0 Å². The standard InChI is InChI=1S/C13H19N3O4/c1-19-8-10-11(12(17)18)14-15-16(10)9-3-6-20-13(7-9)4-2-5-13/h9H,2-8H2,1H3,(H,17,18). The molecule has 1 aliphatic carbocycles. The van der Waals surface area contributed by atoms with Gasteiger partial charge in [-0.3, -0.25) is 0 Å². The van der Waals surface area contributed by atoms with Crippen molar-refractivity contribution in [2.24, 2.45) is 0 Å². The number of ether oxygens (including phenoxy) is 2. The fraction of sp³-hybridized carbons (Fsp3) is 0.769. The summed E-state index contributed by atoms with van der Waals surface area (Å²) >= 11 is 0. The number of carboxylic acid groups (broad SMARTS) is 1. The van der Waals surface area contributed by atoms with Crippen LogP contribution in [0.15, 0.2) is 0 Å². The molecule has 1 saturated heterocycles. The Bertz CT molecular complexity index is 510. The van der Waals surface area contributed by atoms with E-state index in [0.717, 1.165) is 25.7 Å². The van der Waals surface area contributed by atoms with E-state index in [1.165, 1.54) is 6.42 Å². The van der Waals surface area contributed by atoms with Crippen molar-refractivity contribution in [1.82, 2.24) is 15.0 Å². The van der Waals surface area contributed by atoms with Gasteiger partial charge in [-0.25, -0.2) is 9.48 Å². The van der Waals surface area contributed by atoms with E-state index < -0.39 is 5.97 Å². The summed E-state index contributed by atoms with van der Waals surface area (Å²) in [6.45, 7) is 0.901. The number of aromatic nitrogens is 3. The van der Waals surface area contributed by atoms with E-state index in [4.69, 9.17) is 14.6 Å². The van der Waals surface area contributed by atoms with Crippen LogP contribution in [-0.2, 0) is 16.1 Å². The molecule has 0 aromatic carbocycles. The Balaban J connectivity index is 1.87. The molecular weight excluding hydrogens is 262 g/mol. The normalized spacial score (nSPS) is 24.6. The largest absolute Gasteiger partial charge is 0.476 e. The maximum atomic E-state index is 11.2. The molecule has 1 atom stereocenters. The maximum Gasteiger partial charge on any atom is 0.358 e. The molecule has 110 valence electrons. The molecule has 0 amide bonds. The topological polar surface area (TPSA) is 86.5 Å². The fourth-order valence-corrected chi connectivity index (χ4v) is 3.17. The second-order valence-electron chi connectivity index (χ2n) is 5.60. The van der Waals surface area contributed by atoms with Gasteiger partial charge in [-0.05, 0) is 32.1 Å². The smallest absolute Gasteiger partial charge is 0.358 e. The predicted molar refractivity (Wildman–Crippen MR) is 68.5 cm³/mol. The highest BCUT2D eigenvalue weighted by molar-refractivity contribution is 5.86. The molecule has 1 aromatic heterocycles. The molecule has 7 heteroatoms. The van der Waals surface area contributed by atoms with Gasteiger partial charge in [-0.1, -0.05) is 5.21 Å². The van der Waals surface area contributed by atoms with Gasteiger partial charge < -0.3 is 14.6 Å². The monoisotopic (exact) mass is 281 g/mol. The molecule has 2 heterocycles. The third-order valence-electron chi connectivity index (χ3n) is 4.35. The Morgan fingerprint density at radius 2 is 2.40 bits per heavy atom. The van der Waals surface area contributed by atoms with Crippen molar-refractivity contribution < 1.29 is 19.4 Å². The van der Waals surface area contributed by atoms with Gasteiger partial charge in [-0.2, -0.15) is 0 Å². The van der Waals surface area contributed by atoms with Gasteiger partial charge in [0.05, 0.1) is 23.9 Å². The Labute approximate surface area is 116 Å². The van der Waals surface area contributed by atoms with Gasteiger partial charge in [0.2, 0.25) is 0 Å². The third-order valence-corrected chi connectivity index (χ3v) is 4.35. The van der Waals surface area contributed by atoms with Crippen molar-refractivity contribution in [3.63, 3.8) is 0 Å². The van der Waals surface area contributed by atoms with Gasteiger partial charge in [0.1, 0.15) is 0 Å². The Morgan fingerprint density at radius 3 is 3.00 bits per heavy atom. The van der Waals surface area contributed by atoms with Crippen LogP contribution in [0.2, 0.25) is 0 Å². The number of carboxylic acids is 1. The summed E-state index contributed by atoms with van der Waals surface area (Å²) in [6, 6.07) is 0.148. The van der Waals surface area contributed by atoms with Gasteiger partial charge in [0.15, 0.2) is 5.69 Å². The van der Waals surface area contributed by atoms with Crippen molar-refractivity contribution in [2.45, 2.75) is 50.4 Å². The third kappa shape index (κ3) is 2.20. The van der Waals surface area contributed by atoms with Crippen LogP contribution in [-0.4, -0.2) is 45.4 Å². The summed E-state index contributed by atoms with van der Waals surface area (Å²) in [5.41, 5.74) is 0.519. The number of methoxy groups -OCH3 is 1. The zero-order valence-corrected chi connectivity index (χ0v) is 11.5. The first kappa shape index (κ1) is 13.5. The number of carbonyl (C=O) groups is 1. The summed E-state index contributed by atoms with van der Waals surface area (Å²) < 4.78 is 12.7. The van der Waals surface area contributed by atoms with E-state index in [1.807, 2.05) is 0 Å².